The molecule has 0 fully saturated rings. The van der Waals surface area contributed by atoms with Crippen LogP contribution in [0.5, 0.6) is 0 Å². The SMILES string of the molecule is CCSCCn1ncc(CNC(C)C)c1C. The van der Waals surface area contributed by atoms with Gasteiger partial charge in [0, 0.05) is 29.6 Å². The van der Waals surface area contributed by atoms with E-state index in [2.05, 4.69) is 42.8 Å². The Labute approximate surface area is 103 Å². The van der Waals surface area contributed by atoms with E-state index in [1.807, 2.05) is 18.0 Å². The average molecular weight is 241 g/mol. The van der Waals surface area contributed by atoms with Crippen LogP contribution < -0.4 is 5.32 Å². The van der Waals surface area contributed by atoms with Gasteiger partial charge in [0.05, 0.1) is 12.7 Å². The maximum absolute atomic E-state index is 4.43. The lowest BCUT2D eigenvalue weighted by atomic mass is 10.2. The fourth-order valence-corrected chi connectivity index (χ4v) is 2.08. The van der Waals surface area contributed by atoms with Gasteiger partial charge in [0.2, 0.25) is 0 Å². The van der Waals surface area contributed by atoms with Crippen LogP contribution >= 0.6 is 11.8 Å². The van der Waals surface area contributed by atoms with Gasteiger partial charge in [-0.15, -0.1) is 0 Å². The molecule has 1 aromatic heterocycles. The molecule has 0 aliphatic rings. The fourth-order valence-electron chi connectivity index (χ4n) is 1.49. The van der Waals surface area contributed by atoms with E-state index in [1.54, 1.807) is 0 Å². The third-order valence-corrected chi connectivity index (χ3v) is 3.44. The van der Waals surface area contributed by atoms with E-state index in [0.29, 0.717) is 6.04 Å². The summed E-state index contributed by atoms with van der Waals surface area (Å²) < 4.78 is 2.11. The van der Waals surface area contributed by atoms with Crippen LogP contribution in [0.15, 0.2) is 6.20 Å². The molecule has 1 rings (SSSR count). The van der Waals surface area contributed by atoms with E-state index in [0.717, 1.165) is 18.8 Å². The maximum atomic E-state index is 4.43. The van der Waals surface area contributed by atoms with Crippen molar-refractivity contribution in [2.75, 3.05) is 11.5 Å². The topological polar surface area (TPSA) is 29.9 Å². The summed E-state index contributed by atoms with van der Waals surface area (Å²) in [6.07, 6.45) is 1.99. The lowest BCUT2D eigenvalue weighted by Crippen LogP contribution is -2.22. The van der Waals surface area contributed by atoms with Crippen LogP contribution in [0.2, 0.25) is 0 Å². The van der Waals surface area contributed by atoms with Crippen molar-refractivity contribution in [1.82, 2.24) is 15.1 Å². The zero-order valence-corrected chi connectivity index (χ0v) is 11.6. The molecule has 0 saturated carbocycles. The van der Waals surface area contributed by atoms with Crippen molar-refractivity contribution in [3.63, 3.8) is 0 Å². The number of thioether (sulfide) groups is 1. The molecule has 0 saturated heterocycles. The highest BCUT2D eigenvalue weighted by Crippen LogP contribution is 2.09. The van der Waals surface area contributed by atoms with E-state index >= 15 is 0 Å². The third-order valence-electron chi connectivity index (χ3n) is 2.56. The number of rotatable bonds is 7. The molecule has 0 aliphatic carbocycles. The normalized spacial score (nSPS) is 11.3. The molecule has 0 amide bonds. The van der Waals surface area contributed by atoms with Crippen molar-refractivity contribution in [3.05, 3.63) is 17.5 Å². The second-order valence-electron chi connectivity index (χ2n) is 4.21. The van der Waals surface area contributed by atoms with Crippen LogP contribution in [0.4, 0.5) is 0 Å². The molecule has 4 heteroatoms. The zero-order valence-electron chi connectivity index (χ0n) is 10.8. The van der Waals surface area contributed by atoms with Gasteiger partial charge in [-0.25, -0.2) is 0 Å². The number of nitrogens with one attached hydrogen (secondary N) is 1. The summed E-state index contributed by atoms with van der Waals surface area (Å²) in [4.78, 5) is 0. The lowest BCUT2D eigenvalue weighted by molar-refractivity contribution is 0.584. The van der Waals surface area contributed by atoms with E-state index < -0.39 is 0 Å². The number of nitrogens with zero attached hydrogens (tertiary/aromatic N) is 2. The summed E-state index contributed by atoms with van der Waals surface area (Å²) in [5, 5.41) is 7.85. The fraction of sp³-hybridized carbons (Fsp3) is 0.750. The minimum Gasteiger partial charge on any atom is -0.310 e. The van der Waals surface area contributed by atoms with Crippen LogP contribution in [0.1, 0.15) is 32.0 Å². The van der Waals surface area contributed by atoms with E-state index in [9.17, 15) is 0 Å². The molecule has 0 bridgehead atoms. The molecule has 0 radical (unpaired) electrons. The first-order valence-electron chi connectivity index (χ1n) is 5.97. The second kappa shape index (κ2) is 6.97. The molecule has 92 valence electrons. The Morgan fingerprint density at radius 3 is 2.88 bits per heavy atom. The number of aromatic nitrogens is 2. The van der Waals surface area contributed by atoms with Crippen LogP contribution in [-0.2, 0) is 13.1 Å². The average Bonchev–Trinajstić information content (AvgIpc) is 2.58. The number of hydrogen-bond acceptors (Lipinski definition) is 3. The molecule has 1 N–H and O–H groups in total. The van der Waals surface area contributed by atoms with E-state index in [1.165, 1.54) is 17.0 Å². The smallest absolute Gasteiger partial charge is 0.0537 e. The molecule has 1 heterocycles. The number of aryl methyl sites for hydroxylation is 1. The predicted octanol–water partition coefficient (Wildman–Crippen LogP) is 2.44. The molecular weight excluding hydrogens is 218 g/mol. The Balaban J connectivity index is 2.48. The second-order valence-corrected chi connectivity index (χ2v) is 5.60. The van der Waals surface area contributed by atoms with Gasteiger partial charge < -0.3 is 5.32 Å². The Morgan fingerprint density at radius 2 is 2.25 bits per heavy atom. The van der Waals surface area contributed by atoms with Crippen molar-refractivity contribution < 1.29 is 0 Å². The Morgan fingerprint density at radius 1 is 1.50 bits per heavy atom. The first-order valence-corrected chi connectivity index (χ1v) is 7.13. The minimum atomic E-state index is 0.526. The quantitative estimate of drug-likeness (QED) is 0.744. The molecule has 0 unspecified atom stereocenters. The van der Waals surface area contributed by atoms with Crippen molar-refractivity contribution in [1.29, 1.82) is 0 Å². The number of hydrogen-bond donors (Lipinski definition) is 1. The molecule has 3 nitrogen and oxygen atoms in total. The largest absolute Gasteiger partial charge is 0.310 e. The van der Waals surface area contributed by atoms with Crippen molar-refractivity contribution >= 4 is 11.8 Å². The highest BCUT2D eigenvalue weighted by atomic mass is 32.2. The molecule has 0 atom stereocenters. The summed E-state index contributed by atoms with van der Waals surface area (Å²) in [5.41, 5.74) is 2.61. The van der Waals surface area contributed by atoms with Crippen LogP contribution in [0.25, 0.3) is 0 Å². The molecule has 0 aliphatic heterocycles. The Bertz CT molecular complexity index is 307. The molecule has 0 aromatic carbocycles. The zero-order chi connectivity index (χ0) is 12.0. The summed E-state index contributed by atoms with van der Waals surface area (Å²) in [6, 6.07) is 0.526. The molecule has 0 spiro atoms. The van der Waals surface area contributed by atoms with E-state index in [-0.39, 0.29) is 0 Å². The Kier molecular flexibility index (Phi) is 5.91. The van der Waals surface area contributed by atoms with Gasteiger partial charge in [-0.3, -0.25) is 4.68 Å². The first-order chi connectivity index (χ1) is 7.65. The predicted molar refractivity (Wildman–Crippen MR) is 71.9 cm³/mol. The van der Waals surface area contributed by atoms with Gasteiger partial charge in [-0.1, -0.05) is 20.8 Å². The van der Waals surface area contributed by atoms with E-state index in [4.69, 9.17) is 0 Å². The van der Waals surface area contributed by atoms with Crippen LogP contribution in [0.3, 0.4) is 0 Å². The molecular formula is C12H23N3S. The van der Waals surface area contributed by atoms with Gasteiger partial charge in [0.15, 0.2) is 0 Å². The summed E-state index contributed by atoms with van der Waals surface area (Å²) in [5.74, 6) is 2.33. The summed E-state index contributed by atoms with van der Waals surface area (Å²) in [6.45, 7) is 10.6. The van der Waals surface area contributed by atoms with Gasteiger partial charge >= 0.3 is 0 Å². The highest BCUT2D eigenvalue weighted by molar-refractivity contribution is 7.99. The van der Waals surface area contributed by atoms with Gasteiger partial charge in [0.1, 0.15) is 0 Å². The van der Waals surface area contributed by atoms with Gasteiger partial charge in [-0.05, 0) is 12.7 Å². The van der Waals surface area contributed by atoms with Crippen molar-refractivity contribution in [2.24, 2.45) is 0 Å². The molecule has 1 aromatic rings. The summed E-state index contributed by atoms with van der Waals surface area (Å²) >= 11 is 1.96. The third kappa shape index (κ3) is 4.18. The first kappa shape index (κ1) is 13.6. The minimum absolute atomic E-state index is 0.526. The van der Waals surface area contributed by atoms with Crippen LogP contribution in [0, 0.1) is 6.92 Å². The maximum Gasteiger partial charge on any atom is 0.0537 e. The standard InChI is InChI=1S/C12H23N3S/c1-5-16-7-6-15-11(4)12(9-14-15)8-13-10(2)3/h9-10,13H,5-8H2,1-4H3. The Hall–Kier alpha value is -0.480. The monoisotopic (exact) mass is 241 g/mol. The van der Waals surface area contributed by atoms with Crippen LogP contribution in [-0.4, -0.2) is 27.3 Å². The van der Waals surface area contributed by atoms with Crippen molar-refractivity contribution in [3.8, 4) is 0 Å². The highest BCUT2D eigenvalue weighted by Gasteiger charge is 2.06. The van der Waals surface area contributed by atoms with Crippen molar-refractivity contribution in [2.45, 2.75) is 46.8 Å². The van der Waals surface area contributed by atoms with Gasteiger partial charge in [0.25, 0.3) is 0 Å². The summed E-state index contributed by atoms with van der Waals surface area (Å²) in [7, 11) is 0. The lowest BCUT2D eigenvalue weighted by Gasteiger charge is -2.08. The molecule has 16 heavy (non-hydrogen) atoms. The van der Waals surface area contributed by atoms with Gasteiger partial charge in [-0.2, -0.15) is 16.9 Å².